The highest BCUT2D eigenvalue weighted by Gasteiger charge is 2.16. The van der Waals surface area contributed by atoms with Crippen molar-refractivity contribution in [3.05, 3.63) is 59.7 Å². The van der Waals surface area contributed by atoms with Gasteiger partial charge in [0.1, 0.15) is 5.60 Å². The fourth-order valence-electron chi connectivity index (χ4n) is 2.00. The molecule has 2 aromatic carbocycles. The highest BCUT2D eigenvalue weighted by Crippen LogP contribution is 2.19. The minimum absolute atomic E-state index is 0.0270. The largest absolute Gasteiger partial charge is 0.478 e. The van der Waals surface area contributed by atoms with Gasteiger partial charge < -0.3 is 9.84 Å². The maximum atomic E-state index is 11.9. The first-order chi connectivity index (χ1) is 13.1. The summed E-state index contributed by atoms with van der Waals surface area (Å²) in [5, 5.41) is 18.6. The normalized spacial score (nSPS) is 11.1. The van der Waals surface area contributed by atoms with Crippen molar-refractivity contribution in [3.63, 3.8) is 0 Å². The number of carboxylic acids is 1. The van der Waals surface area contributed by atoms with Crippen LogP contribution in [0.5, 0.6) is 0 Å². The number of hydrogen-bond donors (Lipinski definition) is 2. The van der Waals surface area contributed by atoms with Crippen LogP contribution in [0.4, 0.5) is 16.2 Å². The molecule has 28 heavy (non-hydrogen) atoms. The van der Waals surface area contributed by atoms with E-state index in [4.69, 9.17) is 9.84 Å². The summed E-state index contributed by atoms with van der Waals surface area (Å²) in [6, 6.07) is 11.7. The van der Waals surface area contributed by atoms with E-state index < -0.39 is 23.6 Å². The predicted molar refractivity (Wildman–Crippen MR) is 99.6 cm³/mol. The Morgan fingerprint density at radius 3 is 2.36 bits per heavy atom. The van der Waals surface area contributed by atoms with Crippen LogP contribution in [0.3, 0.4) is 0 Å². The van der Waals surface area contributed by atoms with Crippen molar-refractivity contribution >= 4 is 29.4 Å². The number of anilines is 1. The molecule has 0 aromatic heterocycles. The van der Waals surface area contributed by atoms with E-state index in [2.05, 4.69) is 20.5 Å². The Labute approximate surface area is 160 Å². The highest BCUT2D eigenvalue weighted by molar-refractivity contribution is 5.94. The van der Waals surface area contributed by atoms with Gasteiger partial charge in [-0.1, -0.05) is 12.1 Å². The molecule has 0 aliphatic rings. The zero-order valence-corrected chi connectivity index (χ0v) is 15.5. The van der Waals surface area contributed by atoms with Gasteiger partial charge in [0.15, 0.2) is 0 Å². The molecule has 0 aliphatic carbocycles. The molecule has 0 unspecified atom stereocenters. The Morgan fingerprint density at radius 1 is 1.00 bits per heavy atom. The monoisotopic (exact) mass is 385 g/mol. The maximum Gasteiger partial charge on any atom is 0.412 e. The second-order valence-electron chi connectivity index (χ2n) is 6.62. The molecule has 1 amide bonds. The van der Waals surface area contributed by atoms with Gasteiger partial charge in [0.2, 0.25) is 0 Å². The Morgan fingerprint density at radius 2 is 1.68 bits per heavy atom. The Kier molecular flexibility index (Phi) is 6.43. The molecule has 0 aliphatic heterocycles. The number of carbonyl (C=O) groups excluding carboxylic acids is 2. The molecule has 0 fully saturated rings. The number of rotatable bonds is 5. The lowest BCUT2D eigenvalue weighted by molar-refractivity contribution is 0.0482. The summed E-state index contributed by atoms with van der Waals surface area (Å²) in [4.78, 5) is 39.3. The van der Waals surface area contributed by atoms with Gasteiger partial charge in [0.25, 0.3) is 0 Å². The standard InChI is InChI=1S/C19H19N3O6/c1-19(2,3)27-18(26)20-14-8-5-9-15(11-14)21-22-28-17(25)13-7-4-6-12(10-13)16(23)24/h4-11H,1-3H3,(H,20,26)(H,23,24). The molecule has 0 spiro atoms. The third-order valence-electron chi connectivity index (χ3n) is 3.12. The van der Waals surface area contributed by atoms with Crippen molar-refractivity contribution in [1.29, 1.82) is 0 Å². The number of carbonyl (C=O) groups is 3. The lowest BCUT2D eigenvalue weighted by Crippen LogP contribution is -2.27. The zero-order chi connectivity index (χ0) is 20.7. The van der Waals surface area contributed by atoms with Crippen molar-refractivity contribution < 1.29 is 29.1 Å². The van der Waals surface area contributed by atoms with Crippen molar-refractivity contribution in [2.24, 2.45) is 10.4 Å². The van der Waals surface area contributed by atoms with Gasteiger partial charge in [0.05, 0.1) is 16.8 Å². The first-order valence-electron chi connectivity index (χ1n) is 8.20. The first-order valence-corrected chi connectivity index (χ1v) is 8.20. The van der Waals surface area contributed by atoms with Gasteiger partial charge in [-0.3, -0.25) is 10.2 Å². The number of aromatic carboxylic acids is 1. The molecule has 2 aromatic rings. The molecule has 9 heteroatoms. The first kappa shape index (κ1) is 20.6. The molecule has 9 nitrogen and oxygen atoms in total. The molecular formula is C19H19N3O6. The summed E-state index contributed by atoms with van der Waals surface area (Å²) >= 11 is 0. The Hall–Kier alpha value is -3.75. The smallest absolute Gasteiger partial charge is 0.412 e. The van der Waals surface area contributed by atoms with E-state index in [9.17, 15) is 14.4 Å². The second-order valence-corrected chi connectivity index (χ2v) is 6.62. The molecule has 0 saturated carbocycles. The van der Waals surface area contributed by atoms with Crippen LogP contribution in [0.1, 0.15) is 41.5 Å². The summed E-state index contributed by atoms with van der Waals surface area (Å²) < 4.78 is 5.15. The molecule has 0 heterocycles. The van der Waals surface area contributed by atoms with Gasteiger partial charge in [-0.05, 0) is 57.2 Å². The van der Waals surface area contributed by atoms with Gasteiger partial charge >= 0.3 is 18.0 Å². The van der Waals surface area contributed by atoms with E-state index >= 15 is 0 Å². The topological polar surface area (TPSA) is 127 Å². The quantitative estimate of drug-likeness (QED) is 0.572. The van der Waals surface area contributed by atoms with Crippen LogP contribution < -0.4 is 5.32 Å². The van der Waals surface area contributed by atoms with Crippen LogP contribution >= 0.6 is 0 Å². The van der Waals surface area contributed by atoms with Gasteiger partial charge in [-0.2, -0.15) is 0 Å². The van der Waals surface area contributed by atoms with Gasteiger partial charge in [-0.25, -0.2) is 14.4 Å². The third-order valence-corrected chi connectivity index (χ3v) is 3.12. The van der Waals surface area contributed by atoms with Crippen molar-refractivity contribution in [2.45, 2.75) is 26.4 Å². The summed E-state index contributed by atoms with van der Waals surface area (Å²) in [7, 11) is 0. The van der Waals surface area contributed by atoms with Crippen molar-refractivity contribution in [3.8, 4) is 0 Å². The average molecular weight is 385 g/mol. The SMILES string of the molecule is CC(C)(C)OC(=O)Nc1cccc(N=NOC(=O)c2cccc(C(=O)O)c2)c1. The number of amides is 1. The van der Waals surface area contributed by atoms with E-state index in [1.165, 1.54) is 30.3 Å². The van der Waals surface area contributed by atoms with E-state index in [0.29, 0.717) is 11.4 Å². The maximum absolute atomic E-state index is 11.9. The summed E-state index contributed by atoms with van der Waals surface area (Å²) in [6.45, 7) is 5.24. The predicted octanol–water partition coefficient (Wildman–Crippen LogP) is 4.59. The minimum atomic E-state index is -1.16. The van der Waals surface area contributed by atoms with E-state index in [1.54, 1.807) is 39.0 Å². The second kappa shape index (κ2) is 8.76. The number of carboxylic acid groups (broad SMARTS) is 1. The molecule has 0 atom stereocenters. The molecule has 2 N–H and O–H groups in total. The number of benzene rings is 2. The fourth-order valence-corrected chi connectivity index (χ4v) is 2.00. The number of ether oxygens (including phenoxy) is 1. The lowest BCUT2D eigenvalue weighted by atomic mass is 10.1. The number of hydrogen-bond acceptors (Lipinski definition) is 7. The van der Waals surface area contributed by atoms with Crippen molar-refractivity contribution in [1.82, 2.24) is 0 Å². The Balaban J connectivity index is 1.99. The zero-order valence-electron chi connectivity index (χ0n) is 15.5. The fraction of sp³-hybridized carbons (Fsp3) is 0.211. The van der Waals surface area contributed by atoms with Crippen LogP contribution in [0, 0.1) is 0 Å². The third kappa shape index (κ3) is 6.52. The average Bonchev–Trinajstić information content (AvgIpc) is 2.60. The molecule has 0 saturated heterocycles. The summed E-state index contributed by atoms with van der Waals surface area (Å²) in [6.07, 6.45) is -0.619. The molecule has 2 rings (SSSR count). The van der Waals surface area contributed by atoms with E-state index in [-0.39, 0.29) is 11.1 Å². The molecule has 146 valence electrons. The molecule has 0 radical (unpaired) electrons. The molecular weight excluding hydrogens is 366 g/mol. The van der Waals surface area contributed by atoms with Crippen LogP contribution in [0.2, 0.25) is 0 Å². The van der Waals surface area contributed by atoms with Crippen LogP contribution in [0.25, 0.3) is 0 Å². The highest BCUT2D eigenvalue weighted by atomic mass is 16.7. The number of nitrogens with zero attached hydrogens (tertiary/aromatic N) is 2. The van der Waals surface area contributed by atoms with Crippen LogP contribution in [-0.4, -0.2) is 28.7 Å². The van der Waals surface area contributed by atoms with Gasteiger partial charge in [0, 0.05) is 11.0 Å². The Bertz CT molecular complexity index is 918. The summed E-state index contributed by atoms with van der Waals surface area (Å²) in [5.41, 5.74) is 0.0893. The number of nitrogens with one attached hydrogen (secondary N) is 1. The van der Waals surface area contributed by atoms with E-state index in [1.807, 2.05) is 0 Å². The summed E-state index contributed by atoms with van der Waals surface area (Å²) in [5.74, 6) is -2.01. The van der Waals surface area contributed by atoms with Crippen LogP contribution in [0.15, 0.2) is 58.9 Å². The van der Waals surface area contributed by atoms with Gasteiger partial charge in [-0.15, -0.1) is 5.11 Å². The minimum Gasteiger partial charge on any atom is -0.478 e. The van der Waals surface area contributed by atoms with E-state index in [0.717, 1.165) is 0 Å². The van der Waals surface area contributed by atoms with Crippen molar-refractivity contribution in [2.75, 3.05) is 5.32 Å². The lowest BCUT2D eigenvalue weighted by Gasteiger charge is -2.19. The van der Waals surface area contributed by atoms with Crippen LogP contribution in [-0.2, 0) is 9.57 Å². The molecule has 0 bridgehead atoms.